The summed E-state index contributed by atoms with van der Waals surface area (Å²) in [5.41, 5.74) is 3.10. The van der Waals surface area contributed by atoms with E-state index in [0.717, 1.165) is 17.7 Å². The second kappa shape index (κ2) is 8.24. The van der Waals surface area contributed by atoms with E-state index in [1.807, 2.05) is 31.2 Å². The normalized spacial score (nSPS) is 11.8. The highest BCUT2D eigenvalue weighted by Crippen LogP contribution is 2.16. The van der Waals surface area contributed by atoms with Gasteiger partial charge in [-0.25, -0.2) is 4.68 Å². The van der Waals surface area contributed by atoms with Crippen LogP contribution in [0.2, 0.25) is 0 Å². The molecule has 1 amide bonds. The Hall–Kier alpha value is -3.22. The van der Waals surface area contributed by atoms with Crippen LogP contribution in [-0.2, 0) is 11.2 Å². The van der Waals surface area contributed by atoms with E-state index in [1.54, 1.807) is 12.1 Å². The molecule has 0 fully saturated rings. The zero-order valence-corrected chi connectivity index (χ0v) is 14.8. The molecular formula is C19H21N5O2. The average molecular weight is 351 g/mol. The van der Waals surface area contributed by atoms with Crippen LogP contribution in [0.15, 0.2) is 54.9 Å². The van der Waals surface area contributed by atoms with Crippen molar-refractivity contribution >= 4 is 5.91 Å². The number of benzene rings is 2. The van der Waals surface area contributed by atoms with Gasteiger partial charge in [-0.05, 0) is 47.0 Å². The van der Waals surface area contributed by atoms with Crippen LogP contribution in [-0.4, -0.2) is 32.7 Å². The van der Waals surface area contributed by atoms with Crippen molar-refractivity contribution < 1.29 is 9.53 Å². The maximum absolute atomic E-state index is 12.2. The van der Waals surface area contributed by atoms with Crippen LogP contribution in [0.5, 0.6) is 5.75 Å². The van der Waals surface area contributed by atoms with Crippen molar-refractivity contribution in [1.29, 1.82) is 0 Å². The molecule has 7 nitrogen and oxygen atoms in total. The molecule has 0 saturated carbocycles. The van der Waals surface area contributed by atoms with Crippen molar-refractivity contribution in [2.75, 3.05) is 6.61 Å². The number of carbonyl (C=O) groups excluding carboxylic acids is 1. The molecule has 2 aromatic carbocycles. The number of nitrogens with one attached hydrogen (secondary N) is 1. The van der Waals surface area contributed by atoms with Gasteiger partial charge >= 0.3 is 0 Å². The van der Waals surface area contributed by atoms with Gasteiger partial charge in [-0.1, -0.05) is 37.3 Å². The van der Waals surface area contributed by atoms with Crippen molar-refractivity contribution in [2.24, 2.45) is 0 Å². The molecule has 0 spiro atoms. The minimum Gasteiger partial charge on any atom is -0.484 e. The average Bonchev–Trinajstić information content (AvgIpc) is 3.21. The lowest BCUT2D eigenvalue weighted by molar-refractivity contribution is -0.123. The van der Waals surface area contributed by atoms with E-state index in [2.05, 4.69) is 39.9 Å². The van der Waals surface area contributed by atoms with Gasteiger partial charge in [0.2, 0.25) is 0 Å². The molecule has 26 heavy (non-hydrogen) atoms. The second-order valence-corrected chi connectivity index (χ2v) is 5.92. The quantitative estimate of drug-likeness (QED) is 0.707. The number of carbonyl (C=O) groups is 1. The van der Waals surface area contributed by atoms with E-state index in [9.17, 15) is 4.79 Å². The van der Waals surface area contributed by atoms with Crippen molar-refractivity contribution in [3.8, 4) is 11.4 Å². The lowest BCUT2D eigenvalue weighted by Gasteiger charge is -2.15. The third kappa shape index (κ3) is 4.44. The molecule has 1 N–H and O–H groups in total. The molecule has 1 unspecified atom stereocenters. The van der Waals surface area contributed by atoms with Gasteiger partial charge < -0.3 is 10.1 Å². The molecule has 0 bridgehead atoms. The number of aromatic nitrogens is 4. The van der Waals surface area contributed by atoms with Crippen molar-refractivity contribution in [1.82, 2.24) is 25.5 Å². The van der Waals surface area contributed by atoms with E-state index in [1.165, 1.54) is 16.6 Å². The number of aryl methyl sites for hydroxylation is 1. The second-order valence-electron chi connectivity index (χ2n) is 5.92. The predicted octanol–water partition coefficient (Wildman–Crippen LogP) is 2.48. The third-order valence-electron chi connectivity index (χ3n) is 4.07. The SMILES string of the molecule is CCc1ccc(C(C)NC(=O)COc2cccc(-n3cnnn3)c2)cc1. The molecule has 134 valence electrons. The van der Waals surface area contributed by atoms with Crippen LogP contribution in [0, 0.1) is 0 Å². The summed E-state index contributed by atoms with van der Waals surface area (Å²) in [4.78, 5) is 12.2. The maximum atomic E-state index is 12.2. The van der Waals surface area contributed by atoms with E-state index < -0.39 is 0 Å². The maximum Gasteiger partial charge on any atom is 0.258 e. The Labute approximate surface area is 152 Å². The molecule has 0 radical (unpaired) electrons. The summed E-state index contributed by atoms with van der Waals surface area (Å²) in [5, 5.41) is 14.0. The largest absolute Gasteiger partial charge is 0.484 e. The van der Waals surface area contributed by atoms with E-state index in [-0.39, 0.29) is 18.6 Å². The molecule has 1 aromatic heterocycles. The summed E-state index contributed by atoms with van der Waals surface area (Å²) in [5.74, 6) is 0.401. The fourth-order valence-corrected chi connectivity index (χ4v) is 2.55. The first-order valence-corrected chi connectivity index (χ1v) is 8.50. The molecule has 3 rings (SSSR count). The first-order chi connectivity index (χ1) is 12.7. The van der Waals surface area contributed by atoms with Crippen molar-refractivity contribution in [2.45, 2.75) is 26.3 Å². The number of hydrogen-bond donors (Lipinski definition) is 1. The van der Waals surface area contributed by atoms with Crippen molar-refractivity contribution in [3.63, 3.8) is 0 Å². The molecule has 1 heterocycles. The fraction of sp³-hybridized carbons (Fsp3) is 0.263. The highest BCUT2D eigenvalue weighted by atomic mass is 16.5. The standard InChI is InChI=1S/C19H21N5O2/c1-3-15-7-9-16(10-8-15)14(2)21-19(25)12-26-18-6-4-5-17(11-18)24-13-20-22-23-24/h4-11,13-14H,3,12H2,1-2H3,(H,21,25). The molecule has 3 aromatic rings. The molecule has 7 heteroatoms. The Kier molecular flexibility index (Phi) is 5.58. The van der Waals surface area contributed by atoms with E-state index in [4.69, 9.17) is 4.74 Å². The van der Waals surface area contributed by atoms with Crippen LogP contribution in [0.1, 0.15) is 31.0 Å². The van der Waals surface area contributed by atoms with Gasteiger partial charge in [0.25, 0.3) is 5.91 Å². The Morgan fingerprint density at radius 3 is 2.73 bits per heavy atom. The topological polar surface area (TPSA) is 81.9 Å². The molecular weight excluding hydrogens is 330 g/mol. The van der Waals surface area contributed by atoms with Gasteiger partial charge in [-0.2, -0.15) is 0 Å². The Morgan fingerprint density at radius 1 is 1.23 bits per heavy atom. The molecule has 0 aliphatic heterocycles. The zero-order chi connectivity index (χ0) is 18.4. The molecule has 0 aliphatic carbocycles. The Balaban J connectivity index is 1.54. The van der Waals surface area contributed by atoms with Crippen LogP contribution >= 0.6 is 0 Å². The Morgan fingerprint density at radius 2 is 2.04 bits per heavy atom. The molecule has 1 atom stereocenters. The summed E-state index contributed by atoms with van der Waals surface area (Å²) in [6.07, 6.45) is 2.50. The third-order valence-corrected chi connectivity index (χ3v) is 4.07. The van der Waals surface area contributed by atoms with Crippen LogP contribution in [0.4, 0.5) is 0 Å². The minimum atomic E-state index is -0.176. The van der Waals surface area contributed by atoms with Crippen LogP contribution < -0.4 is 10.1 Å². The molecule has 0 aliphatic rings. The monoisotopic (exact) mass is 351 g/mol. The van der Waals surface area contributed by atoms with Gasteiger partial charge in [0, 0.05) is 6.07 Å². The first kappa shape index (κ1) is 17.6. The highest BCUT2D eigenvalue weighted by molar-refractivity contribution is 5.78. The summed E-state index contributed by atoms with van der Waals surface area (Å²) < 4.78 is 7.11. The fourth-order valence-electron chi connectivity index (χ4n) is 2.55. The first-order valence-electron chi connectivity index (χ1n) is 8.50. The number of hydrogen-bond acceptors (Lipinski definition) is 5. The number of tetrazole rings is 1. The number of amides is 1. The summed E-state index contributed by atoms with van der Waals surface area (Å²) in [7, 11) is 0. The van der Waals surface area contributed by atoms with E-state index in [0.29, 0.717) is 5.75 Å². The Bertz CT molecular complexity index is 847. The smallest absolute Gasteiger partial charge is 0.258 e. The summed E-state index contributed by atoms with van der Waals surface area (Å²) >= 11 is 0. The predicted molar refractivity (Wildman–Crippen MR) is 97.0 cm³/mol. The van der Waals surface area contributed by atoms with Crippen molar-refractivity contribution in [3.05, 3.63) is 66.0 Å². The van der Waals surface area contributed by atoms with Gasteiger partial charge in [0.15, 0.2) is 6.61 Å². The number of ether oxygens (including phenoxy) is 1. The minimum absolute atomic E-state index is 0.0591. The van der Waals surface area contributed by atoms with Gasteiger partial charge in [0.05, 0.1) is 11.7 Å². The van der Waals surface area contributed by atoms with Gasteiger partial charge in [0.1, 0.15) is 12.1 Å². The number of rotatable bonds is 7. The lowest BCUT2D eigenvalue weighted by atomic mass is 10.1. The zero-order valence-electron chi connectivity index (χ0n) is 14.8. The summed E-state index contributed by atoms with van der Waals surface area (Å²) in [6.45, 7) is 4.01. The summed E-state index contributed by atoms with van der Waals surface area (Å²) in [6, 6.07) is 15.4. The lowest BCUT2D eigenvalue weighted by Crippen LogP contribution is -2.31. The molecule has 0 saturated heterocycles. The van der Waals surface area contributed by atoms with Gasteiger partial charge in [-0.15, -0.1) is 5.10 Å². The van der Waals surface area contributed by atoms with Crippen LogP contribution in [0.25, 0.3) is 5.69 Å². The van der Waals surface area contributed by atoms with Crippen LogP contribution in [0.3, 0.4) is 0 Å². The van der Waals surface area contributed by atoms with E-state index >= 15 is 0 Å². The van der Waals surface area contributed by atoms with Gasteiger partial charge in [-0.3, -0.25) is 4.79 Å². The highest BCUT2D eigenvalue weighted by Gasteiger charge is 2.10. The number of nitrogens with zero attached hydrogens (tertiary/aromatic N) is 4.